The Morgan fingerprint density at radius 2 is 1.91 bits per heavy atom. The zero-order valence-electron chi connectivity index (χ0n) is 18.5. The van der Waals surface area contributed by atoms with Gasteiger partial charge >= 0.3 is 0 Å². The van der Waals surface area contributed by atoms with Gasteiger partial charge in [-0.15, -0.1) is 10.2 Å². The van der Waals surface area contributed by atoms with E-state index < -0.39 is 21.1 Å². The van der Waals surface area contributed by atoms with E-state index in [-0.39, 0.29) is 24.0 Å². The van der Waals surface area contributed by atoms with Crippen LogP contribution in [0, 0.1) is 5.82 Å². The molecular formula is C21H21FN6O5S. The van der Waals surface area contributed by atoms with E-state index in [9.17, 15) is 12.8 Å². The fourth-order valence-electron chi connectivity index (χ4n) is 3.15. The van der Waals surface area contributed by atoms with Crippen molar-refractivity contribution < 1.29 is 26.7 Å². The molecule has 0 bridgehead atoms. The van der Waals surface area contributed by atoms with Gasteiger partial charge in [0.15, 0.2) is 11.6 Å². The van der Waals surface area contributed by atoms with Crippen molar-refractivity contribution in [2.75, 3.05) is 18.9 Å². The van der Waals surface area contributed by atoms with Crippen molar-refractivity contribution in [2.24, 2.45) is 0 Å². The zero-order valence-corrected chi connectivity index (χ0v) is 19.3. The molecule has 1 unspecified atom stereocenters. The van der Waals surface area contributed by atoms with Gasteiger partial charge in [0.05, 0.1) is 43.8 Å². The third-order valence-electron chi connectivity index (χ3n) is 4.94. The summed E-state index contributed by atoms with van der Waals surface area (Å²) in [5.41, 5.74) is 0.451. The molecular weight excluding hydrogens is 467 g/mol. The maximum absolute atomic E-state index is 13.1. The van der Waals surface area contributed by atoms with Crippen LogP contribution < -0.4 is 14.2 Å². The number of ether oxygens (including phenoxy) is 2. The number of nitrogens with one attached hydrogen (secondary N) is 1. The smallest absolute Gasteiger partial charge is 0.243 e. The van der Waals surface area contributed by atoms with E-state index in [0.717, 1.165) is 12.4 Å². The Morgan fingerprint density at radius 3 is 2.56 bits per heavy atom. The molecule has 0 aliphatic rings. The molecule has 34 heavy (non-hydrogen) atoms. The van der Waals surface area contributed by atoms with E-state index in [4.69, 9.17) is 13.9 Å². The molecule has 4 rings (SSSR count). The third kappa shape index (κ3) is 4.69. The Labute approximate surface area is 194 Å². The molecule has 0 spiro atoms. The highest BCUT2D eigenvalue weighted by atomic mass is 32.2. The number of aromatic nitrogens is 5. The molecule has 3 aromatic heterocycles. The summed E-state index contributed by atoms with van der Waals surface area (Å²) < 4.78 is 59.5. The number of hydrogen-bond acceptors (Lipinski definition) is 9. The van der Waals surface area contributed by atoms with Gasteiger partial charge in [-0.2, -0.15) is 0 Å². The van der Waals surface area contributed by atoms with E-state index in [0.29, 0.717) is 22.9 Å². The molecule has 0 amide bonds. The Kier molecular flexibility index (Phi) is 6.45. The highest BCUT2D eigenvalue weighted by Crippen LogP contribution is 2.34. The number of sulfonamides is 1. The van der Waals surface area contributed by atoms with Crippen molar-refractivity contribution in [3.05, 3.63) is 60.6 Å². The summed E-state index contributed by atoms with van der Waals surface area (Å²) in [6, 6.07) is 8.36. The lowest BCUT2D eigenvalue weighted by Crippen LogP contribution is -2.29. The number of nitrogens with zero attached hydrogens (tertiary/aromatic N) is 5. The van der Waals surface area contributed by atoms with E-state index in [1.54, 1.807) is 30.3 Å². The lowest BCUT2D eigenvalue weighted by atomic mass is 10.2. The van der Waals surface area contributed by atoms with Gasteiger partial charge in [-0.3, -0.25) is 9.29 Å². The zero-order chi connectivity index (χ0) is 24.3. The predicted molar refractivity (Wildman–Crippen MR) is 120 cm³/mol. The topological polar surface area (TPSA) is 134 Å². The van der Waals surface area contributed by atoms with Gasteiger partial charge in [0.2, 0.25) is 21.8 Å². The second-order valence-electron chi connectivity index (χ2n) is 7.18. The van der Waals surface area contributed by atoms with Crippen LogP contribution in [0.4, 0.5) is 10.3 Å². The van der Waals surface area contributed by atoms with Crippen LogP contribution in [-0.2, 0) is 16.4 Å². The summed E-state index contributed by atoms with van der Waals surface area (Å²) in [7, 11) is -0.986. The molecule has 1 N–H and O–H groups in total. The van der Waals surface area contributed by atoms with Crippen LogP contribution >= 0.6 is 0 Å². The summed E-state index contributed by atoms with van der Waals surface area (Å²) in [5, 5.41) is 7.21. The van der Waals surface area contributed by atoms with Gasteiger partial charge in [0.1, 0.15) is 17.3 Å². The lowest BCUT2D eigenvalue weighted by molar-refractivity contribution is 0.393. The Morgan fingerprint density at radius 1 is 1.15 bits per heavy atom. The van der Waals surface area contributed by atoms with Crippen LogP contribution in [0.5, 0.6) is 11.5 Å². The van der Waals surface area contributed by atoms with E-state index in [2.05, 4.69) is 24.9 Å². The van der Waals surface area contributed by atoms with Crippen molar-refractivity contribution in [3.63, 3.8) is 0 Å². The predicted octanol–water partition coefficient (Wildman–Crippen LogP) is 2.85. The number of halogens is 1. The summed E-state index contributed by atoms with van der Waals surface area (Å²) >= 11 is 0. The van der Waals surface area contributed by atoms with Gasteiger partial charge in [0.25, 0.3) is 0 Å². The molecule has 0 aliphatic carbocycles. The largest absolute Gasteiger partial charge is 0.497 e. The Hall–Kier alpha value is -4.00. The molecule has 178 valence electrons. The van der Waals surface area contributed by atoms with Crippen LogP contribution in [-0.4, -0.2) is 52.6 Å². The number of rotatable bonds is 9. The second-order valence-corrected chi connectivity index (χ2v) is 9.28. The first kappa shape index (κ1) is 23.2. The van der Waals surface area contributed by atoms with E-state index in [1.807, 2.05) is 0 Å². The van der Waals surface area contributed by atoms with Crippen molar-refractivity contribution >= 4 is 16.0 Å². The second kappa shape index (κ2) is 9.47. The molecule has 0 aliphatic heterocycles. The molecule has 11 nitrogen and oxygen atoms in total. The van der Waals surface area contributed by atoms with Crippen LogP contribution in [0.1, 0.15) is 12.7 Å². The monoisotopic (exact) mass is 488 g/mol. The molecule has 4 aromatic rings. The quantitative estimate of drug-likeness (QED) is 0.377. The van der Waals surface area contributed by atoms with Crippen LogP contribution in [0.2, 0.25) is 0 Å². The van der Waals surface area contributed by atoms with E-state index >= 15 is 0 Å². The average molecular weight is 489 g/mol. The average Bonchev–Trinajstić information content (AvgIpc) is 3.50. The fraction of sp³-hybridized carbons (Fsp3) is 0.238. The third-order valence-corrected chi connectivity index (χ3v) is 6.63. The standard InChI is InChI=1S/C21H21FN6O5S/c1-13(9-19-23-11-14(22)12-24-19)34(29,30)27-21-26-25-20(17-5-4-8-33-17)28(21)16-7-6-15(31-2)10-18(16)32-3/h4-8,10-13H,9H2,1-3H3,(H,26,27). The first-order valence-electron chi connectivity index (χ1n) is 10.0. The van der Waals surface area contributed by atoms with Gasteiger partial charge in [-0.25, -0.2) is 22.8 Å². The molecule has 3 heterocycles. The van der Waals surface area contributed by atoms with Gasteiger partial charge in [0, 0.05) is 12.5 Å². The van der Waals surface area contributed by atoms with Gasteiger partial charge in [-0.1, -0.05) is 0 Å². The summed E-state index contributed by atoms with van der Waals surface area (Å²) in [4.78, 5) is 7.66. The normalized spacial score (nSPS) is 12.4. The lowest BCUT2D eigenvalue weighted by Gasteiger charge is -2.17. The molecule has 0 fully saturated rings. The van der Waals surface area contributed by atoms with Crippen molar-refractivity contribution in [1.29, 1.82) is 0 Å². The maximum atomic E-state index is 13.1. The minimum Gasteiger partial charge on any atom is -0.497 e. The number of anilines is 1. The molecule has 1 aromatic carbocycles. The number of benzene rings is 1. The Bertz CT molecular complexity index is 1370. The summed E-state index contributed by atoms with van der Waals surface area (Å²) in [6.45, 7) is 1.48. The first-order chi connectivity index (χ1) is 16.3. The van der Waals surface area contributed by atoms with Crippen LogP contribution in [0.15, 0.2) is 53.4 Å². The number of methoxy groups -OCH3 is 2. The fourth-order valence-corrected chi connectivity index (χ4v) is 4.11. The van der Waals surface area contributed by atoms with Crippen molar-refractivity contribution in [2.45, 2.75) is 18.6 Å². The highest BCUT2D eigenvalue weighted by Gasteiger charge is 2.28. The van der Waals surface area contributed by atoms with Gasteiger partial charge < -0.3 is 13.9 Å². The van der Waals surface area contributed by atoms with Crippen LogP contribution in [0.3, 0.4) is 0 Å². The first-order valence-corrected chi connectivity index (χ1v) is 11.6. The molecule has 0 saturated heterocycles. The molecule has 1 atom stereocenters. The molecule has 0 saturated carbocycles. The maximum Gasteiger partial charge on any atom is 0.243 e. The van der Waals surface area contributed by atoms with E-state index in [1.165, 1.54) is 32.0 Å². The molecule has 13 heteroatoms. The summed E-state index contributed by atoms with van der Waals surface area (Å²) in [6.07, 6.45) is 3.39. The van der Waals surface area contributed by atoms with Gasteiger partial charge in [-0.05, 0) is 31.2 Å². The highest BCUT2D eigenvalue weighted by molar-refractivity contribution is 7.93. The SMILES string of the molecule is COc1ccc(-n2c(NS(=O)(=O)C(C)Cc3ncc(F)cn3)nnc2-c2ccco2)c(OC)c1. The minimum absolute atomic E-state index is 0.0410. The van der Waals surface area contributed by atoms with Crippen LogP contribution in [0.25, 0.3) is 17.3 Å². The number of furan rings is 1. The number of hydrogen-bond donors (Lipinski definition) is 1. The minimum atomic E-state index is -3.98. The van der Waals surface area contributed by atoms with Crippen molar-refractivity contribution in [3.8, 4) is 28.8 Å². The van der Waals surface area contributed by atoms with Crippen molar-refractivity contribution in [1.82, 2.24) is 24.7 Å². The Balaban J connectivity index is 1.73. The molecule has 0 radical (unpaired) electrons. The summed E-state index contributed by atoms with van der Waals surface area (Å²) in [5.74, 6) is 1.05.